The van der Waals surface area contributed by atoms with Crippen molar-refractivity contribution in [2.45, 2.75) is 78.0 Å². The molecule has 0 aliphatic carbocycles. The predicted molar refractivity (Wildman–Crippen MR) is 169 cm³/mol. The zero-order valence-corrected chi connectivity index (χ0v) is 25.1. The van der Waals surface area contributed by atoms with Gasteiger partial charge in [0.15, 0.2) is 0 Å². The van der Waals surface area contributed by atoms with Crippen LogP contribution in [0.1, 0.15) is 75.3 Å². The van der Waals surface area contributed by atoms with Crippen LogP contribution < -0.4 is 5.32 Å². The highest BCUT2D eigenvalue weighted by molar-refractivity contribution is 6.12. The smallest absolute Gasteiger partial charge is 0.258 e. The van der Waals surface area contributed by atoms with Gasteiger partial charge in [-0.1, -0.05) is 82.6 Å². The first-order valence-corrected chi connectivity index (χ1v) is 15.0. The fourth-order valence-electron chi connectivity index (χ4n) is 5.65. The molecule has 222 valence electrons. The van der Waals surface area contributed by atoms with Crippen molar-refractivity contribution in [3.8, 4) is 22.4 Å². The summed E-state index contributed by atoms with van der Waals surface area (Å²) in [6.07, 6.45) is 1.03. The maximum Gasteiger partial charge on any atom is 0.258 e. The van der Waals surface area contributed by atoms with Gasteiger partial charge in [0.25, 0.3) is 5.91 Å². The number of anilines is 1. The minimum absolute atomic E-state index is 0.0358. The van der Waals surface area contributed by atoms with Gasteiger partial charge >= 0.3 is 0 Å². The van der Waals surface area contributed by atoms with Gasteiger partial charge < -0.3 is 20.1 Å². The first-order chi connectivity index (χ1) is 20.2. The summed E-state index contributed by atoms with van der Waals surface area (Å²) in [5.74, 6) is -0.218. The Morgan fingerprint density at radius 3 is 2.05 bits per heavy atom. The van der Waals surface area contributed by atoms with E-state index in [0.717, 1.165) is 34.5 Å². The summed E-state index contributed by atoms with van der Waals surface area (Å²) in [6.45, 7) is 8.74. The fourth-order valence-corrected chi connectivity index (χ4v) is 5.65. The van der Waals surface area contributed by atoms with E-state index < -0.39 is 12.2 Å². The molecule has 3 aromatic carbocycles. The van der Waals surface area contributed by atoms with Gasteiger partial charge in [0.1, 0.15) is 5.82 Å². The molecular formula is C36H43FN2O3. The molecule has 3 unspecified atom stereocenters. The van der Waals surface area contributed by atoms with Gasteiger partial charge in [0.05, 0.1) is 23.5 Å². The van der Waals surface area contributed by atoms with Gasteiger partial charge in [-0.3, -0.25) is 4.79 Å². The molecule has 42 heavy (non-hydrogen) atoms. The molecule has 0 aliphatic heterocycles. The van der Waals surface area contributed by atoms with Crippen molar-refractivity contribution in [3.05, 3.63) is 102 Å². The highest BCUT2D eigenvalue weighted by Crippen LogP contribution is 2.42. The summed E-state index contributed by atoms with van der Waals surface area (Å²) >= 11 is 0. The number of hydrogen-bond acceptors (Lipinski definition) is 3. The molecule has 6 heteroatoms. The minimum Gasteiger partial charge on any atom is -0.393 e. The maximum absolute atomic E-state index is 14.1. The molecule has 0 saturated carbocycles. The van der Waals surface area contributed by atoms with Crippen LogP contribution in [0.3, 0.4) is 0 Å². The number of amides is 1. The second-order valence-electron chi connectivity index (χ2n) is 11.6. The molecule has 0 spiro atoms. The van der Waals surface area contributed by atoms with Crippen molar-refractivity contribution in [2.75, 3.05) is 5.32 Å². The van der Waals surface area contributed by atoms with Crippen molar-refractivity contribution in [1.82, 2.24) is 4.57 Å². The van der Waals surface area contributed by atoms with Crippen molar-refractivity contribution in [2.24, 2.45) is 5.92 Å². The van der Waals surface area contributed by atoms with Crippen molar-refractivity contribution >= 4 is 11.6 Å². The third-order valence-electron chi connectivity index (χ3n) is 7.89. The number of carbonyl (C=O) groups excluding carboxylic acids is 1. The van der Waals surface area contributed by atoms with E-state index in [9.17, 15) is 19.4 Å². The quantitative estimate of drug-likeness (QED) is 0.151. The second-order valence-corrected chi connectivity index (χ2v) is 11.6. The first kappa shape index (κ1) is 31.2. The van der Waals surface area contributed by atoms with Crippen LogP contribution in [-0.2, 0) is 6.54 Å². The number of benzene rings is 3. The van der Waals surface area contributed by atoms with Gasteiger partial charge in [-0.05, 0) is 78.6 Å². The van der Waals surface area contributed by atoms with Crippen molar-refractivity contribution in [3.63, 3.8) is 0 Å². The van der Waals surface area contributed by atoms with Gasteiger partial charge in [0.2, 0.25) is 0 Å². The van der Waals surface area contributed by atoms with Crippen molar-refractivity contribution in [1.29, 1.82) is 0 Å². The third-order valence-corrected chi connectivity index (χ3v) is 7.89. The van der Waals surface area contributed by atoms with Gasteiger partial charge in [-0.25, -0.2) is 4.39 Å². The Kier molecular flexibility index (Phi) is 10.7. The van der Waals surface area contributed by atoms with Gasteiger partial charge in [-0.2, -0.15) is 0 Å². The van der Waals surface area contributed by atoms with Crippen LogP contribution in [0.5, 0.6) is 0 Å². The number of halogens is 1. The number of nitrogens with zero attached hydrogens (tertiary/aromatic N) is 1. The number of aliphatic hydroxyl groups is 2. The van der Waals surface area contributed by atoms with Gasteiger partial charge in [-0.15, -0.1) is 0 Å². The first-order valence-electron chi connectivity index (χ1n) is 15.0. The molecule has 5 nitrogen and oxygen atoms in total. The fraction of sp³-hybridized carbons (Fsp3) is 0.361. The molecule has 4 aromatic rings. The lowest BCUT2D eigenvalue weighted by molar-refractivity contribution is 0.0602. The van der Waals surface area contributed by atoms with Crippen LogP contribution in [0.15, 0.2) is 84.9 Å². The summed E-state index contributed by atoms with van der Waals surface area (Å²) in [5, 5.41) is 24.6. The average Bonchev–Trinajstić information content (AvgIpc) is 3.33. The Morgan fingerprint density at radius 2 is 1.45 bits per heavy atom. The monoisotopic (exact) mass is 570 g/mol. The van der Waals surface area contributed by atoms with E-state index in [0.29, 0.717) is 43.0 Å². The molecule has 0 radical (unpaired) electrons. The Balaban J connectivity index is 1.85. The van der Waals surface area contributed by atoms with Crippen LogP contribution in [-0.4, -0.2) is 32.9 Å². The molecule has 0 aliphatic rings. The molecule has 0 fully saturated rings. The van der Waals surface area contributed by atoms with E-state index in [1.807, 2.05) is 60.7 Å². The van der Waals surface area contributed by atoms with Crippen LogP contribution in [0.2, 0.25) is 0 Å². The summed E-state index contributed by atoms with van der Waals surface area (Å²) in [4.78, 5) is 14.1. The molecule has 0 saturated heterocycles. The Bertz CT molecular complexity index is 1430. The normalized spacial score (nSPS) is 13.6. The lowest BCUT2D eigenvalue weighted by atomic mass is 9.94. The van der Waals surface area contributed by atoms with E-state index in [2.05, 4.69) is 37.6 Å². The van der Waals surface area contributed by atoms with E-state index in [4.69, 9.17) is 0 Å². The van der Waals surface area contributed by atoms with Crippen molar-refractivity contribution < 1.29 is 19.4 Å². The SMILES string of the molecule is CCC(C)CC(O)CC(O)CCn1c(-c2ccc(F)cc2)c(-c2ccccc2)c(C(=O)Nc2ccccc2)c1C(C)C. The van der Waals surface area contributed by atoms with Crippen LogP contribution >= 0.6 is 0 Å². The van der Waals surface area contributed by atoms with E-state index in [1.165, 1.54) is 12.1 Å². The lowest BCUT2D eigenvalue weighted by Gasteiger charge is -2.21. The summed E-state index contributed by atoms with van der Waals surface area (Å²) in [6, 6.07) is 25.5. The number of para-hydroxylation sites is 1. The lowest BCUT2D eigenvalue weighted by Crippen LogP contribution is -2.22. The summed E-state index contributed by atoms with van der Waals surface area (Å²) in [5.41, 5.74) is 5.32. The molecule has 4 rings (SSSR count). The van der Waals surface area contributed by atoms with Crippen LogP contribution in [0.4, 0.5) is 10.1 Å². The number of hydrogen-bond donors (Lipinski definition) is 3. The van der Waals surface area contributed by atoms with Crippen LogP contribution in [0, 0.1) is 11.7 Å². The number of aromatic nitrogens is 1. The van der Waals surface area contributed by atoms with E-state index in [-0.39, 0.29) is 17.6 Å². The standard InChI is InChI=1S/C36H43FN2O3/c1-5-25(4)22-31(41)23-30(40)20-21-39-34(24(2)3)33(36(42)38-29-14-10-7-11-15-29)32(26-12-8-6-9-13-26)35(39)27-16-18-28(37)19-17-27/h6-19,24-25,30-31,40-41H,5,20-23H2,1-4H3,(H,38,42). The maximum atomic E-state index is 14.1. The molecule has 3 atom stereocenters. The zero-order valence-electron chi connectivity index (χ0n) is 25.1. The average molecular weight is 571 g/mol. The summed E-state index contributed by atoms with van der Waals surface area (Å²) < 4.78 is 16.2. The third kappa shape index (κ3) is 7.55. The topological polar surface area (TPSA) is 74.5 Å². The molecule has 1 aromatic heterocycles. The second kappa shape index (κ2) is 14.4. The van der Waals surface area contributed by atoms with Crippen LogP contribution in [0.25, 0.3) is 22.4 Å². The largest absolute Gasteiger partial charge is 0.393 e. The highest BCUT2D eigenvalue weighted by Gasteiger charge is 2.31. The number of nitrogens with one attached hydrogen (secondary N) is 1. The molecule has 0 bridgehead atoms. The Morgan fingerprint density at radius 1 is 0.833 bits per heavy atom. The number of aliphatic hydroxyl groups excluding tert-OH is 2. The zero-order chi connectivity index (χ0) is 30.2. The Labute approximate surface area is 249 Å². The minimum atomic E-state index is -0.714. The van der Waals surface area contributed by atoms with Gasteiger partial charge in [0, 0.05) is 23.5 Å². The highest BCUT2D eigenvalue weighted by atomic mass is 19.1. The number of rotatable bonds is 13. The molecular weight excluding hydrogens is 527 g/mol. The predicted octanol–water partition coefficient (Wildman–Crippen LogP) is 8.28. The Hall–Kier alpha value is -3.74. The van der Waals surface area contributed by atoms with E-state index in [1.54, 1.807) is 12.1 Å². The molecule has 1 heterocycles. The molecule has 1 amide bonds. The number of carbonyl (C=O) groups is 1. The molecule has 3 N–H and O–H groups in total. The summed E-state index contributed by atoms with van der Waals surface area (Å²) in [7, 11) is 0. The van der Waals surface area contributed by atoms with E-state index >= 15 is 0 Å².